The van der Waals surface area contributed by atoms with E-state index in [1.807, 2.05) is 36.4 Å². The summed E-state index contributed by atoms with van der Waals surface area (Å²) in [5.74, 6) is 0.833. The molecule has 0 saturated carbocycles. The topological polar surface area (TPSA) is 0 Å². The van der Waals surface area contributed by atoms with Crippen LogP contribution in [0.2, 0.25) is 0 Å². The molecule has 0 amide bonds. The maximum Gasteiger partial charge on any atom is -0.0500 e. The molecule has 0 fully saturated rings. The molecule has 0 aliphatic rings. The molecule has 1 rings (SSSR count). The van der Waals surface area contributed by atoms with Crippen LogP contribution in [0.1, 0.15) is 43.1 Å². The Morgan fingerprint density at radius 2 is 0.615 bits per heavy atom. The fourth-order valence-corrected chi connectivity index (χ4v) is 0.385. The number of hydrogen-bond acceptors (Lipinski definition) is 0. The van der Waals surface area contributed by atoms with Crippen LogP contribution < -0.4 is 0 Å². The van der Waals surface area contributed by atoms with Gasteiger partial charge in [0.05, 0.1) is 0 Å². The van der Waals surface area contributed by atoms with Gasteiger partial charge in [0.25, 0.3) is 0 Å². The molecule has 1 aromatic carbocycles. The Morgan fingerprint density at radius 1 is 0.538 bits per heavy atom. The summed E-state index contributed by atoms with van der Waals surface area (Å²) in [5, 5.41) is 0. The molecule has 0 atom stereocenters. The lowest BCUT2D eigenvalue weighted by Crippen LogP contribution is -1.66. The average Bonchev–Trinajstić information content (AvgIpc) is 1.90. The largest absolute Gasteiger partial charge is 0.0776 e. The summed E-state index contributed by atoms with van der Waals surface area (Å²) in [5.41, 5.74) is 0. The highest BCUT2D eigenvalue weighted by Gasteiger charge is 1.68. The van der Waals surface area contributed by atoms with Gasteiger partial charge in [-0.15, -0.1) is 0 Å². The van der Waals surface area contributed by atoms with Crippen LogP contribution in [0, 0.1) is 5.92 Å². The van der Waals surface area contributed by atoms with Gasteiger partial charge in [-0.1, -0.05) is 79.4 Å². The fourth-order valence-electron chi connectivity index (χ4n) is 0.385. The SMILES string of the molecule is C.C.C.CC(C)C.c1ccccc1. The van der Waals surface area contributed by atoms with Crippen molar-refractivity contribution in [2.24, 2.45) is 5.92 Å². The molecule has 13 heavy (non-hydrogen) atoms. The summed E-state index contributed by atoms with van der Waals surface area (Å²) in [6.45, 7) is 6.50. The van der Waals surface area contributed by atoms with Crippen molar-refractivity contribution in [3.63, 3.8) is 0 Å². The Labute approximate surface area is 86.0 Å². The van der Waals surface area contributed by atoms with Gasteiger partial charge >= 0.3 is 0 Å². The quantitative estimate of drug-likeness (QED) is 0.516. The van der Waals surface area contributed by atoms with Crippen molar-refractivity contribution in [2.45, 2.75) is 43.1 Å². The lowest BCUT2D eigenvalue weighted by atomic mass is 10.3. The Balaban J connectivity index is -0.0000000536. The third-order valence-corrected chi connectivity index (χ3v) is 0.667. The molecular weight excluding hydrogens is 156 g/mol. The first kappa shape index (κ1) is 22.8. The number of hydrogen-bond donors (Lipinski definition) is 0. The van der Waals surface area contributed by atoms with E-state index < -0.39 is 0 Å². The molecule has 0 spiro atoms. The van der Waals surface area contributed by atoms with Gasteiger partial charge in [-0.05, 0) is 5.92 Å². The number of benzene rings is 1. The van der Waals surface area contributed by atoms with E-state index in [2.05, 4.69) is 20.8 Å². The fraction of sp³-hybridized carbons (Fsp3) is 0.538. The van der Waals surface area contributed by atoms with E-state index in [0.717, 1.165) is 5.92 Å². The summed E-state index contributed by atoms with van der Waals surface area (Å²) >= 11 is 0. The molecule has 0 heterocycles. The van der Waals surface area contributed by atoms with Crippen LogP contribution >= 0.6 is 0 Å². The van der Waals surface area contributed by atoms with Crippen molar-refractivity contribution in [3.8, 4) is 0 Å². The van der Waals surface area contributed by atoms with Crippen LogP contribution in [0.5, 0.6) is 0 Å². The summed E-state index contributed by atoms with van der Waals surface area (Å²) in [7, 11) is 0. The van der Waals surface area contributed by atoms with Gasteiger partial charge in [0.15, 0.2) is 0 Å². The van der Waals surface area contributed by atoms with Gasteiger partial charge in [0.2, 0.25) is 0 Å². The minimum absolute atomic E-state index is 0. The van der Waals surface area contributed by atoms with Crippen molar-refractivity contribution in [1.82, 2.24) is 0 Å². The van der Waals surface area contributed by atoms with Crippen molar-refractivity contribution in [1.29, 1.82) is 0 Å². The van der Waals surface area contributed by atoms with Crippen molar-refractivity contribution >= 4 is 0 Å². The first-order valence-electron chi connectivity index (χ1n) is 3.73. The summed E-state index contributed by atoms with van der Waals surface area (Å²) in [6, 6.07) is 12.0. The molecular formula is C13H28. The molecule has 0 unspecified atom stereocenters. The van der Waals surface area contributed by atoms with Gasteiger partial charge in [0.1, 0.15) is 0 Å². The Kier molecular flexibility index (Phi) is 30.4. The van der Waals surface area contributed by atoms with E-state index in [1.165, 1.54) is 0 Å². The lowest BCUT2D eigenvalue weighted by Gasteiger charge is -1.79. The van der Waals surface area contributed by atoms with Gasteiger partial charge in [-0.2, -0.15) is 0 Å². The van der Waals surface area contributed by atoms with Crippen molar-refractivity contribution < 1.29 is 0 Å². The zero-order valence-electron chi connectivity index (χ0n) is 7.04. The van der Waals surface area contributed by atoms with E-state index in [9.17, 15) is 0 Å². The zero-order chi connectivity index (χ0) is 7.82. The Bertz CT molecular complexity index is 101. The summed E-state index contributed by atoms with van der Waals surface area (Å²) < 4.78 is 0. The van der Waals surface area contributed by atoms with E-state index in [-0.39, 0.29) is 22.3 Å². The van der Waals surface area contributed by atoms with Gasteiger partial charge in [0, 0.05) is 0 Å². The summed E-state index contributed by atoms with van der Waals surface area (Å²) in [4.78, 5) is 0. The van der Waals surface area contributed by atoms with Crippen LogP contribution in [0.3, 0.4) is 0 Å². The molecule has 0 heteroatoms. The number of rotatable bonds is 0. The molecule has 0 aliphatic carbocycles. The highest BCUT2D eigenvalue weighted by atomic mass is 13.7. The maximum atomic E-state index is 2.17. The van der Waals surface area contributed by atoms with E-state index in [4.69, 9.17) is 0 Å². The maximum absolute atomic E-state index is 2.17. The molecule has 0 aromatic heterocycles. The molecule has 1 aromatic rings. The third-order valence-electron chi connectivity index (χ3n) is 0.667. The highest BCUT2D eigenvalue weighted by molar-refractivity contribution is 4.99. The Hall–Kier alpha value is -0.780. The van der Waals surface area contributed by atoms with Gasteiger partial charge in [-0.3, -0.25) is 0 Å². The standard InChI is InChI=1S/C6H6.C4H10.3CH4/c1-2-4-6-5-3-1;1-4(2)3;;;/h1-6H;4H,1-3H3;3*1H4. The first-order valence-corrected chi connectivity index (χ1v) is 3.73. The van der Waals surface area contributed by atoms with E-state index in [0.29, 0.717) is 0 Å². The van der Waals surface area contributed by atoms with Crippen LogP contribution in [0.15, 0.2) is 36.4 Å². The van der Waals surface area contributed by atoms with E-state index in [1.54, 1.807) is 0 Å². The monoisotopic (exact) mass is 184 g/mol. The highest BCUT2D eigenvalue weighted by Crippen LogP contribution is 1.81. The van der Waals surface area contributed by atoms with Crippen LogP contribution in [0.25, 0.3) is 0 Å². The second-order valence-corrected chi connectivity index (χ2v) is 2.89. The average molecular weight is 184 g/mol. The second kappa shape index (κ2) is 17.3. The summed E-state index contributed by atoms with van der Waals surface area (Å²) in [6.07, 6.45) is 0. The third kappa shape index (κ3) is 35.0. The molecule has 0 N–H and O–H groups in total. The molecule has 0 bridgehead atoms. The van der Waals surface area contributed by atoms with Crippen molar-refractivity contribution in [3.05, 3.63) is 36.4 Å². The second-order valence-electron chi connectivity index (χ2n) is 2.89. The van der Waals surface area contributed by atoms with E-state index >= 15 is 0 Å². The zero-order valence-corrected chi connectivity index (χ0v) is 7.04. The normalized spacial score (nSPS) is 6.46. The van der Waals surface area contributed by atoms with Crippen LogP contribution in [0.4, 0.5) is 0 Å². The predicted octanol–water partition coefficient (Wildman–Crippen LogP) is 5.26. The first-order chi connectivity index (χ1) is 4.73. The molecule has 0 aliphatic heterocycles. The minimum Gasteiger partial charge on any atom is -0.0776 e. The molecule has 0 saturated heterocycles. The lowest BCUT2D eigenvalue weighted by molar-refractivity contribution is 0.737. The smallest absolute Gasteiger partial charge is 0.0500 e. The molecule has 0 radical (unpaired) electrons. The van der Waals surface area contributed by atoms with Gasteiger partial charge < -0.3 is 0 Å². The predicted molar refractivity (Wildman–Crippen MR) is 67.1 cm³/mol. The van der Waals surface area contributed by atoms with Crippen molar-refractivity contribution in [2.75, 3.05) is 0 Å². The van der Waals surface area contributed by atoms with Gasteiger partial charge in [-0.25, -0.2) is 0 Å². The Morgan fingerprint density at radius 3 is 0.692 bits per heavy atom. The van der Waals surface area contributed by atoms with Crippen LogP contribution in [-0.4, -0.2) is 0 Å². The minimum atomic E-state index is 0. The molecule has 80 valence electrons. The van der Waals surface area contributed by atoms with Crippen LogP contribution in [-0.2, 0) is 0 Å². The molecule has 0 nitrogen and oxygen atoms in total.